The maximum absolute atomic E-state index is 6.57. The van der Waals surface area contributed by atoms with Crippen LogP contribution in [0.1, 0.15) is 0 Å². The molecule has 51 heavy (non-hydrogen) atoms. The average molecular weight is 647 g/mol. The van der Waals surface area contributed by atoms with Gasteiger partial charge in [0.1, 0.15) is 11.2 Å². The highest BCUT2D eigenvalue weighted by atomic mass is 16.3. The molecule has 0 N–H and O–H groups in total. The molecule has 1 heteroatoms. The van der Waals surface area contributed by atoms with Gasteiger partial charge in [0.2, 0.25) is 0 Å². The fraction of sp³-hybridized carbons (Fsp3) is 0. The van der Waals surface area contributed by atoms with E-state index in [-0.39, 0.29) is 0 Å². The number of fused-ring (bicyclic) bond motifs is 9. The average Bonchev–Trinajstić information content (AvgIpc) is 3.56. The van der Waals surface area contributed by atoms with Gasteiger partial charge in [0, 0.05) is 10.8 Å². The van der Waals surface area contributed by atoms with Crippen molar-refractivity contribution in [3.63, 3.8) is 0 Å². The summed E-state index contributed by atoms with van der Waals surface area (Å²) in [6, 6.07) is 66.3. The van der Waals surface area contributed by atoms with E-state index in [0.717, 1.165) is 21.9 Å². The molecule has 0 fully saturated rings. The Balaban J connectivity index is 1.27. The summed E-state index contributed by atoms with van der Waals surface area (Å²) >= 11 is 0. The van der Waals surface area contributed by atoms with Crippen LogP contribution < -0.4 is 0 Å². The number of benzene rings is 10. The molecule has 0 spiro atoms. The highest BCUT2D eigenvalue weighted by Crippen LogP contribution is 2.49. The lowest BCUT2D eigenvalue weighted by Gasteiger charge is -2.20. The van der Waals surface area contributed by atoms with Gasteiger partial charge < -0.3 is 4.42 Å². The summed E-state index contributed by atoms with van der Waals surface area (Å²) < 4.78 is 6.57. The number of furan rings is 1. The van der Waals surface area contributed by atoms with E-state index in [9.17, 15) is 0 Å². The van der Waals surface area contributed by atoms with Crippen LogP contribution in [-0.4, -0.2) is 0 Å². The van der Waals surface area contributed by atoms with Crippen molar-refractivity contribution in [1.82, 2.24) is 0 Å². The topological polar surface area (TPSA) is 13.1 Å². The first-order valence-corrected chi connectivity index (χ1v) is 17.6. The molecule has 0 atom stereocenters. The van der Waals surface area contributed by atoms with E-state index in [1.165, 1.54) is 87.2 Å². The number of hydrogen-bond donors (Lipinski definition) is 0. The summed E-state index contributed by atoms with van der Waals surface area (Å²) in [6.45, 7) is 0. The SMILES string of the molecule is c1ccc(-c2cc3c(-c4c5ccccc5c(-c5cccc6oc7cc8ccccc8cc7c56)c5ccccc45)cccc3c3ccccc23)cc1. The van der Waals surface area contributed by atoms with Gasteiger partial charge in [-0.2, -0.15) is 0 Å². The Bertz CT molecular complexity index is 3130. The summed E-state index contributed by atoms with van der Waals surface area (Å²) in [5, 5.41) is 14.7. The van der Waals surface area contributed by atoms with Gasteiger partial charge in [-0.1, -0.05) is 158 Å². The molecule has 0 aliphatic carbocycles. The van der Waals surface area contributed by atoms with Crippen LogP contribution in [0.25, 0.3) is 109 Å². The van der Waals surface area contributed by atoms with E-state index in [0.29, 0.717) is 0 Å². The summed E-state index contributed by atoms with van der Waals surface area (Å²) in [6.07, 6.45) is 0. The van der Waals surface area contributed by atoms with Crippen LogP contribution in [0.3, 0.4) is 0 Å². The predicted octanol–water partition coefficient (Wildman–Crippen LogP) is 14.4. The predicted molar refractivity (Wildman–Crippen MR) is 218 cm³/mol. The minimum Gasteiger partial charge on any atom is -0.456 e. The van der Waals surface area contributed by atoms with Crippen molar-refractivity contribution in [1.29, 1.82) is 0 Å². The lowest BCUT2D eigenvalue weighted by molar-refractivity contribution is 0.669. The van der Waals surface area contributed by atoms with Gasteiger partial charge in [-0.15, -0.1) is 0 Å². The molecule has 0 amide bonds. The molecular formula is C50H30O. The normalized spacial score (nSPS) is 11.9. The Hall–Kier alpha value is -6.70. The van der Waals surface area contributed by atoms with Crippen molar-refractivity contribution in [3.8, 4) is 33.4 Å². The van der Waals surface area contributed by atoms with Crippen LogP contribution in [-0.2, 0) is 0 Å². The van der Waals surface area contributed by atoms with Crippen LogP contribution in [0.5, 0.6) is 0 Å². The monoisotopic (exact) mass is 646 g/mol. The third-order valence-corrected chi connectivity index (χ3v) is 10.8. The first-order chi connectivity index (χ1) is 25.3. The van der Waals surface area contributed by atoms with Gasteiger partial charge in [0.05, 0.1) is 0 Å². The molecular weight excluding hydrogens is 617 g/mol. The first-order valence-electron chi connectivity index (χ1n) is 17.6. The Morgan fingerprint density at radius 1 is 0.275 bits per heavy atom. The maximum Gasteiger partial charge on any atom is 0.136 e. The van der Waals surface area contributed by atoms with E-state index >= 15 is 0 Å². The van der Waals surface area contributed by atoms with Crippen LogP contribution in [0.15, 0.2) is 186 Å². The van der Waals surface area contributed by atoms with E-state index in [4.69, 9.17) is 4.42 Å². The van der Waals surface area contributed by atoms with Crippen molar-refractivity contribution < 1.29 is 4.42 Å². The van der Waals surface area contributed by atoms with Crippen molar-refractivity contribution in [2.24, 2.45) is 0 Å². The zero-order chi connectivity index (χ0) is 33.5. The van der Waals surface area contributed by atoms with E-state index < -0.39 is 0 Å². The molecule has 0 saturated heterocycles. The zero-order valence-corrected chi connectivity index (χ0v) is 27.7. The van der Waals surface area contributed by atoms with Crippen LogP contribution >= 0.6 is 0 Å². The number of hydrogen-bond acceptors (Lipinski definition) is 1. The molecule has 1 nitrogen and oxygen atoms in total. The number of rotatable bonds is 3. The molecule has 0 unspecified atom stereocenters. The fourth-order valence-corrected chi connectivity index (χ4v) is 8.63. The zero-order valence-electron chi connectivity index (χ0n) is 27.7. The highest BCUT2D eigenvalue weighted by molar-refractivity contribution is 6.28. The third kappa shape index (κ3) is 4.16. The van der Waals surface area contributed by atoms with Gasteiger partial charge in [-0.3, -0.25) is 0 Å². The molecule has 1 aromatic heterocycles. The van der Waals surface area contributed by atoms with Crippen molar-refractivity contribution in [2.45, 2.75) is 0 Å². The quantitative estimate of drug-likeness (QED) is 0.138. The summed E-state index contributed by atoms with van der Waals surface area (Å²) in [7, 11) is 0. The van der Waals surface area contributed by atoms with Gasteiger partial charge >= 0.3 is 0 Å². The standard InChI is InChI=1S/C50H30O/c1-2-14-31(15-3-1)43-30-44-36(34-18-6-7-19-35(34)43)24-12-25-41(44)48-37-20-8-10-22-39(37)49(40-23-11-9-21-38(40)48)42-26-13-27-46-50(42)45-28-32-16-4-5-17-33(32)29-47(45)51-46/h1-30H. The smallest absolute Gasteiger partial charge is 0.136 e. The van der Waals surface area contributed by atoms with Gasteiger partial charge in [0.15, 0.2) is 0 Å². The Labute approximate surface area is 294 Å². The van der Waals surface area contributed by atoms with Gasteiger partial charge in [-0.25, -0.2) is 0 Å². The van der Waals surface area contributed by atoms with Crippen LogP contribution in [0, 0.1) is 0 Å². The second-order valence-corrected chi connectivity index (χ2v) is 13.6. The molecule has 0 radical (unpaired) electrons. The molecule has 11 aromatic rings. The lowest BCUT2D eigenvalue weighted by atomic mass is 9.83. The fourth-order valence-electron chi connectivity index (χ4n) is 8.63. The maximum atomic E-state index is 6.57. The molecule has 0 saturated carbocycles. The van der Waals surface area contributed by atoms with E-state index in [2.05, 4.69) is 182 Å². The summed E-state index contributed by atoms with van der Waals surface area (Å²) in [5.74, 6) is 0. The Morgan fingerprint density at radius 2 is 0.784 bits per heavy atom. The van der Waals surface area contributed by atoms with Crippen molar-refractivity contribution >= 4 is 75.8 Å². The van der Waals surface area contributed by atoms with Gasteiger partial charge in [0.25, 0.3) is 0 Å². The summed E-state index contributed by atoms with van der Waals surface area (Å²) in [4.78, 5) is 0. The van der Waals surface area contributed by atoms with Gasteiger partial charge in [-0.05, 0) is 112 Å². The first kappa shape index (κ1) is 28.2. The third-order valence-electron chi connectivity index (χ3n) is 10.8. The van der Waals surface area contributed by atoms with E-state index in [1.807, 2.05) is 0 Å². The molecule has 11 rings (SSSR count). The highest BCUT2D eigenvalue weighted by Gasteiger charge is 2.22. The minimum absolute atomic E-state index is 0.907. The van der Waals surface area contributed by atoms with Crippen molar-refractivity contribution in [3.05, 3.63) is 182 Å². The molecule has 0 aliphatic rings. The minimum atomic E-state index is 0.907. The molecule has 10 aromatic carbocycles. The Kier molecular flexibility index (Phi) is 6.02. The second-order valence-electron chi connectivity index (χ2n) is 13.6. The molecule has 0 bridgehead atoms. The summed E-state index contributed by atoms with van der Waals surface area (Å²) in [5.41, 5.74) is 9.24. The Morgan fingerprint density at radius 3 is 1.49 bits per heavy atom. The van der Waals surface area contributed by atoms with Crippen molar-refractivity contribution in [2.75, 3.05) is 0 Å². The molecule has 1 heterocycles. The van der Waals surface area contributed by atoms with Crippen LogP contribution in [0.4, 0.5) is 0 Å². The lowest BCUT2D eigenvalue weighted by Crippen LogP contribution is -1.93. The largest absolute Gasteiger partial charge is 0.456 e. The van der Waals surface area contributed by atoms with E-state index in [1.54, 1.807) is 0 Å². The molecule has 236 valence electrons. The van der Waals surface area contributed by atoms with Crippen LogP contribution in [0.2, 0.25) is 0 Å². The molecule has 0 aliphatic heterocycles. The second kappa shape index (κ2) is 10.9.